The zero-order valence-corrected chi connectivity index (χ0v) is 90.8. The van der Waals surface area contributed by atoms with Crippen molar-refractivity contribution in [1.82, 2.24) is 59.1 Å². The van der Waals surface area contributed by atoms with Crippen molar-refractivity contribution in [3.8, 4) is 20.0 Å². The van der Waals surface area contributed by atoms with Crippen molar-refractivity contribution in [3.63, 3.8) is 0 Å². The largest absolute Gasteiger partial charge is 0.366 e. The van der Waals surface area contributed by atoms with Gasteiger partial charge in [-0.15, -0.1) is 86.1 Å². The SMILES string of the molecule is Cc1sc2c(c1C)C(c1ccc(Cl)cc1)=N[C@@H](CC(=O)Nc1ccc3c(c1)C[C@@H](F)C3)c1nnc(C)n1-2.Cc1sc2c(c1C)C(c1ccc(Cl)cc1)=N[C@@H](CC(=O)Nc1ccc3c(c1)C[C@H](C)C3)c1nnc(C)n1-2.Cc1sc2c(c1C)C(c1ccc(Cl)cc1)=N[C@@H](CC(=O)Nc1ccc3c(c1)[C@@H]1CC[C@H]3O1)c1nnc(C)n1-2.Cc1sc2c(c1C)C(c1ccc(Cl)cc1)=N[C@@H](CC(=O)Nc1ccc3c(c1)[C@H]1CC[C@@H]3O1)c1nnc(C)n1-2. The minimum atomic E-state index is -0.851. The van der Waals surface area contributed by atoms with Crippen molar-refractivity contribution >= 4 is 161 Å². The number of thiophene rings is 4. The highest BCUT2D eigenvalue weighted by molar-refractivity contribution is 7.16. The molecule has 2 fully saturated rings. The Kier molecular flexibility index (Phi) is 26.9. The third-order valence-electron chi connectivity index (χ3n) is 30.1. The molecule has 10 aliphatic rings. The molecule has 0 radical (unpaired) electrons. The Balaban J connectivity index is 0.000000110. The molecular weight excluding hydrogens is 2050 g/mol. The van der Waals surface area contributed by atoms with Crippen LogP contribution in [0.3, 0.4) is 0 Å². The van der Waals surface area contributed by atoms with Gasteiger partial charge in [0.1, 0.15) is 73.6 Å². The lowest BCUT2D eigenvalue weighted by Gasteiger charge is -2.15. The molecular formula is C115H105Cl4FN20O6S4. The second-order valence-electron chi connectivity index (χ2n) is 40.2. The number of nitrogens with zero attached hydrogens (tertiary/aromatic N) is 16. The number of alkyl halides is 1. The maximum absolute atomic E-state index is 13.8. The molecule has 4 amide bonds. The Bertz CT molecular complexity index is 7850. The van der Waals surface area contributed by atoms with Gasteiger partial charge in [0.25, 0.3) is 0 Å². The number of fused-ring (bicyclic) bond motifs is 24. The van der Waals surface area contributed by atoms with Crippen LogP contribution in [-0.2, 0) is 54.3 Å². The van der Waals surface area contributed by atoms with Crippen LogP contribution in [0.15, 0.2) is 190 Å². The molecule has 0 unspecified atom stereocenters. The average Bonchev–Trinajstić information content (AvgIpc) is 1.59. The molecule has 8 aromatic heterocycles. The topological polar surface area (TPSA) is 307 Å². The second-order valence-corrected chi connectivity index (χ2v) is 46.7. The van der Waals surface area contributed by atoms with Gasteiger partial charge >= 0.3 is 0 Å². The van der Waals surface area contributed by atoms with Crippen molar-refractivity contribution in [2.75, 3.05) is 21.3 Å². The number of ether oxygens (including phenoxy) is 2. The number of carbonyl (C=O) groups excluding carboxylic acids is 4. The van der Waals surface area contributed by atoms with E-state index in [2.05, 4.69) is 174 Å². The number of rotatable bonds is 16. The fourth-order valence-corrected chi connectivity index (χ4v) is 27.6. The van der Waals surface area contributed by atoms with Gasteiger partial charge in [-0.2, -0.15) is 0 Å². The van der Waals surface area contributed by atoms with E-state index < -0.39 is 30.3 Å². The summed E-state index contributed by atoms with van der Waals surface area (Å²) in [5.41, 5.74) is 28.6. The fraction of sp³-hybridized carbons (Fsp3) is 0.304. The Morgan fingerprint density at radius 2 is 0.567 bits per heavy atom. The lowest BCUT2D eigenvalue weighted by Crippen LogP contribution is -2.17. The Hall–Kier alpha value is -13.3. The zero-order chi connectivity index (χ0) is 104. The number of anilines is 4. The molecule has 16 heterocycles. The van der Waals surface area contributed by atoms with Gasteiger partial charge in [-0.1, -0.05) is 126 Å². The summed E-state index contributed by atoms with van der Waals surface area (Å²) in [7, 11) is 0. The normalized spacial score (nSPS) is 19.5. The van der Waals surface area contributed by atoms with Crippen molar-refractivity contribution in [3.05, 3.63) is 367 Å². The van der Waals surface area contributed by atoms with Gasteiger partial charge in [0.2, 0.25) is 23.6 Å². The van der Waals surface area contributed by atoms with E-state index >= 15 is 0 Å². The smallest absolute Gasteiger partial charge is 0.227 e. The molecule has 2 saturated heterocycles. The summed E-state index contributed by atoms with van der Waals surface area (Å²) in [6.07, 6.45) is 7.59. The van der Waals surface area contributed by atoms with E-state index in [0.29, 0.717) is 67.8 Å². The molecule has 150 heavy (non-hydrogen) atoms. The van der Waals surface area contributed by atoms with Crippen molar-refractivity contribution in [2.45, 2.75) is 222 Å². The summed E-state index contributed by atoms with van der Waals surface area (Å²) in [5.74, 6) is 5.84. The van der Waals surface area contributed by atoms with Crippen molar-refractivity contribution in [1.29, 1.82) is 0 Å². The molecule has 4 bridgehead atoms. The number of benzene rings is 8. The Morgan fingerprint density at radius 3 is 0.860 bits per heavy atom. The minimum Gasteiger partial charge on any atom is -0.366 e. The van der Waals surface area contributed by atoms with Crippen LogP contribution in [0.1, 0.15) is 284 Å². The molecule has 10 atom stereocenters. The Labute approximate surface area is 902 Å². The predicted molar refractivity (Wildman–Crippen MR) is 592 cm³/mol. The highest BCUT2D eigenvalue weighted by Crippen LogP contribution is 2.54. The monoisotopic (exact) mass is 2150 g/mol. The van der Waals surface area contributed by atoms with Crippen LogP contribution in [0.5, 0.6) is 0 Å². The zero-order valence-electron chi connectivity index (χ0n) is 84.6. The van der Waals surface area contributed by atoms with E-state index in [1.807, 2.05) is 166 Å². The third-order valence-corrected chi connectivity index (χ3v) is 35.9. The van der Waals surface area contributed by atoms with Crippen LogP contribution in [0.2, 0.25) is 20.1 Å². The maximum atomic E-state index is 13.8. The number of aryl methyl sites for hydroxylation is 8. The highest BCUT2D eigenvalue weighted by Gasteiger charge is 2.43. The number of nitrogens with one attached hydrogen (secondary N) is 4. The first-order valence-corrected chi connectivity index (χ1v) is 55.2. The number of carbonyl (C=O) groups is 4. The number of amides is 4. The van der Waals surface area contributed by atoms with E-state index in [-0.39, 0.29) is 73.7 Å². The number of halogens is 5. The maximum Gasteiger partial charge on any atom is 0.227 e. The third kappa shape index (κ3) is 18.9. The summed E-state index contributed by atoms with van der Waals surface area (Å²) in [6.45, 7) is 26.9. The first kappa shape index (κ1) is 99.9. The first-order chi connectivity index (χ1) is 72.3. The molecule has 16 aromatic rings. The standard InChI is InChI=1S/2C29H26ClN5O2S.C29H28ClN5OS.C28H25ClFN5OS/c2*1-14-15(2)38-29-26(14)27(17-4-6-18(30)7-5-17)32-22(28-34-33-16(3)35(28)29)13-25(36)31-19-8-9-20-21(12-19)24-11-10-23(20)37-24;1-15-11-20-7-10-23(13-21(20)12-15)31-25(36)14-24-28-34-33-18(4)35(28)29-26(16(2)17(3)37-29)27(32-24)19-5-8-22(30)9-6-19;1-14-15(2)37-28-25(14)26(17-4-7-20(29)8-5-17)32-23(27-34-33-16(3)35(27)28)13-24(36)31-22-9-6-18-10-21(30)11-19(18)12-22/h2*4-9,12,22-24H,10-11,13H2,1-3H3,(H,31,36);5-10,13,15,24H,11-12,14H2,1-4H3,(H,31,36);4-9,12,21,23H,10-11,13H2,1-3H3,(H,31,36)/t22-,23+,24-;22-,23-,24+;15-,24+;21-,23-/m0010/s1. The van der Waals surface area contributed by atoms with E-state index in [1.54, 1.807) is 45.3 Å². The van der Waals surface area contributed by atoms with E-state index in [9.17, 15) is 23.6 Å². The van der Waals surface area contributed by atoms with Crippen molar-refractivity contribution in [2.24, 2.45) is 25.9 Å². The van der Waals surface area contributed by atoms with Crippen LogP contribution in [0.4, 0.5) is 27.1 Å². The van der Waals surface area contributed by atoms with Crippen LogP contribution in [0, 0.1) is 89.0 Å². The van der Waals surface area contributed by atoms with E-state index in [0.717, 1.165) is 194 Å². The van der Waals surface area contributed by atoms with Crippen LogP contribution >= 0.6 is 91.8 Å². The Morgan fingerprint density at radius 1 is 0.320 bits per heavy atom. The van der Waals surface area contributed by atoms with Gasteiger partial charge < -0.3 is 30.7 Å². The molecule has 2 aliphatic carbocycles. The molecule has 760 valence electrons. The van der Waals surface area contributed by atoms with Crippen molar-refractivity contribution < 1.29 is 33.0 Å². The molecule has 4 N–H and O–H groups in total. The molecule has 8 aromatic carbocycles. The lowest BCUT2D eigenvalue weighted by molar-refractivity contribution is -0.117. The number of aromatic nitrogens is 12. The summed E-state index contributed by atoms with van der Waals surface area (Å²) in [5, 5.41) is 54.5. The van der Waals surface area contributed by atoms with Crippen LogP contribution in [0.25, 0.3) is 20.0 Å². The van der Waals surface area contributed by atoms with Crippen LogP contribution in [-0.4, -0.2) is 112 Å². The molecule has 0 spiro atoms. The molecule has 8 aliphatic heterocycles. The second kappa shape index (κ2) is 40.4. The number of hydrogen-bond donors (Lipinski definition) is 4. The summed E-state index contributed by atoms with van der Waals surface area (Å²) < 4.78 is 34.1. The summed E-state index contributed by atoms with van der Waals surface area (Å²) >= 11 is 31.6. The highest BCUT2D eigenvalue weighted by atomic mass is 35.5. The van der Waals surface area contributed by atoms with Gasteiger partial charge in [-0.25, -0.2) is 4.39 Å². The molecule has 26 rings (SSSR count). The van der Waals surface area contributed by atoms with Gasteiger partial charge in [0.05, 0.1) is 72.9 Å². The van der Waals surface area contributed by atoms with Gasteiger partial charge in [-0.3, -0.25) is 57.4 Å². The summed E-state index contributed by atoms with van der Waals surface area (Å²) in [6, 6.07) is 52.8. The molecule has 0 saturated carbocycles. The van der Waals surface area contributed by atoms with E-state index in [1.165, 1.54) is 58.5 Å². The molecule has 26 nitrogen and oxygen atoms in total. The minimum absolute atomic E-state index is 0.0883. The lowest BCUT2D eigenvalue weighted by atomic mass is 9.91. The molecule has 35 heteroatoms. The summed E-state index contributed by atoms with van der Waals surface area (Å²) in [4.78, 5) is 79.0. The quantitative estimate of drug-likeness (QED) is 0.0699. The van der Waals surface area contributed by atoms with Crippen LogP contribution < -0.4 is 21.3 Å². The van der Waals surface area contributed by atoms with Gasteiger partial charge in [0.15, 0.2) is 23.3 Å². The predicted octanol–water partition coefficient (Wildman–Crippen LogP) is 26.3. The number of hydrogen-bond acceptors (Lipinski definition) is 22. The number of aliphatic imine (C=N–C) groups is 4. The van der Waals surface area contributed by atoms with Gasteiger partial charge in [-0.05, 0) is 291 Å². The fourth-order valence-electron chi connectivity index (χ4n) is 22.3. The van der Waals surface area contributed by atoms with Gasteiger partial charge in [0, 0.05) is 120 Å². The average molecular weight is 2150 g/mol. The first-order valence-electron chi connectivity index (χ1n) is 50.4. The van der Waals surface area contributed by atoms with E-state index in [4.69, 9.17) is 75.8 Å².